The maximum absolute atomic E-state index is 3.89. The van der Waals surface area contributed by atoms with Gasteiger partial charge in [0.25, 0.3) is 0 Å². The first-order valence-corrected chi connectivity index (χ1v) is 7.58. The Morgan fingerprint density at radius 1 is 0.875 bits per heavy atom. The van der Waals surface area contributed by atoms with Gasteiger partial charge in [-0.1, -0.05) is 58.8 Å². The molecule has 0 spiro atoms. The third-order valence-corrected chi connectivity index (χ3v) is 4.07. The first kappa shape index (κ1) is 14.0. The van der Waals surface area contributed by atoms with E-state index in [2.05, 4.69) is 19.2 Å². The second kappa shape index (κ2) is 8.11. The van der Waals surface area contributed by atoms with Crippen LogP contribution in [-0.4, -0.2) is 12.1 Å². The molecule has 0 heterocycles. The fraction of sp³-hybridized carbons (Fsp3) is 1.00. The lowest BCUT2D eigenvalue weighted by Crippen LogP contribution is -2.47. The predicted molar refractivity (Wildman–Crippen MR) is 72.9 cm³/mol. The molecule has 1 fully saturated rings. The molecule has 1 rings (SSSR count). The van der Waals surface area contributed by atoms with Crippen molar-refractivity contribution in [3.8, 4) is 0 Å². The van der Waals surface area contributed by atoms with Crippen molar-refractivity contribution in [1.82, 2.24) is 5.32 Å². The monoisotopic (exact) mass is 225 g/mol. The Hall–Kier alpha value is -0.0400. The van der Waals surface area contributed by atoms with Gasteiger partial charge in [-0.25, -0.2) is 0 Å². The van der Waals surface area contributed by atoms with E-state index in [1.165, 1.54) is 77.2 Å². The molecule has 0 aromatic rings. The smallest absolute Gasteiger partial charge is 0.0181 e. The van der Waals surface area contributed by atoms with E-state index in [0.717, 1.165) is 0 Å². The first-order chi connectivity index (χ1) is 7.83. The van der Waals surface area contributed by atoms with Crippen LogP contribution in [0.2, 0.25) is 0 Å². The molecule has 0 aliphatic heterocycles. The van der Waals surface area contributed by atoms with Crippen molar-refractivity contribution < 1.29 is 0 Å². The van der Waals surface area contributed by atoms with Crippen molar-refractivity contribution in [3.05, 3.63) is 0 Å². The van der Waals surface area contributed by atoms with E-state index in [0.29, 0.717) is 5.54 Å². The van der Waals surface area contributed by atoms with Gasteiger partial charge in [0.05, 0.1) is 0 Å². The Labute approximate surface area is 102 Å². The van der Waals surface area contributed by atoms with Gasteiger partial charge in [-0.2, -0.15) is 0 Å². The average molecular weight is 225 g/mol. The molecule has 0 saturated heterocycles. The summed E-state index contributed by atoms with van der Waals surface area (Å²) in [6.45, 7) is 5.86. The molecule has 16 heavy (non-hydrogen) atoms. The lowest BCUT2D eigenvalue weighted by molar-refractivity contribution is 0.213. The fourth-order valence-electron chi connectivity index (χ4n) is 3.13. The second-order valence-corrected chi connectivity index (χ2v) is 5.58. The Kier molecular flexibility index (Phi) is 7.11. The SMILES string of the molecule is CCCCCCNC1(CCC)CCCCC1. The van der Waals surface area contributed by atoms with Crippen LogP contribution >= 0.6 is 0 Å². The maximum atomic E-state index is 3.89. The topological polar surface area (TPSA) is 12.0 Å². The van der Waals surface area contributed by atoms with Crippen LogP contribution in [-0.2, 0) is 0 Å². The van der Waals surface area contributed by atoms with Crippen LogP contribution in [0, 0.1) is 0 Å². The first-order valence-electron chi connectivity index (χ1n) is 7.58. The maximum Gasteiger partial charge on any atom is 0.0181 e. The molecule has 0 radical (unpaired) electrons. The van der Waals surface area contributed by atoms with Crippen LogP contribution in [0.15, 0.2) is 0 Å². The van der Waals surface area contributed by atoms with Gasteiger partial charge in [0.2, 0.25) is 0 Å². The summed E-state index contributed by atoms with van der Waals surface area (Å²) < 4.78 is 0. The molecule has 0 bridgehead atoms. The quantitative estimate of drug-likeness (QED) is 0.592. The number of unbranched alkanes of at least 4 members (excludes halogenated alkanes) is 3. The lowest BCUT2D eigenvalue weighted by Gasteiger charge is -2.38. The highest BCUT2D eigenvalue weighted by Gasteiger charge is 2.29. The van der Waals surface area contributed by atoms with Gasteiger partial charge in [-0.3, -0.25) is 0 Å². The summed E-state index contributed by atoms with van der Waals surface area (Å²) in [6, 6.07) is 0. The van der Waals surface area contributed by atoms with Crippen molar-refractivity contribution >= 4 is 0 Å². The molecule has 1 N–H and O–H groups in total. The highest BCUT2D eigenvalue weighted by Crippen LogP contribution is 2.31. The van der Waals surface area contributed by atoms with Crippen LogP contribution in [0.5, 0.6) is 0 Å². The van der Waals surface area contributed by atoms with Gasteiger partial charge in [-0.15, -0.1) is 0 Å². The van der Waals surface area contributed by atoms with Crippen molar-refractivity contribution in [2.45, 2.75) is 90.0 Å². The van der Waals surface area contributed by atoms with E-state index >= 15 is 0 Å². The van der Waals surface area contributed by atoms with Crippen LogP contribution in [0.4, 0.5) is 0 Å². The normalized spacial score (nSPS) is 19.9. The van der Waals surface area contributed by atoms with E-state index in [9.17, 15) is 0 Å². The number of hydrogen-bond donors (Lipinski definition) is 1. The third-order valence-electron chi connectivity index (χ3n) is 4.07. The molecule has 1 nitrogen and oxygen atoms in total. The lowest BCUT2D eigenvalue weighted by atomic mass is 9.78. The summed E-state index contributed by atoms with van der Waals surface area (Å²) in [7, 11) is 0. The minimum atomic E-state index is 0.527. The summed E-state index contributed by atoms with van der Waals surface area (Å²) in [5, 5.41) is 3.89. The van der Waals surface area contributed by atoms with Crippen LogP contribution in [0.25, 0.3) is 0 Å². The summed E-state index contributed by atoms with van der Waals surface area (Å²) in [5.74, 6) is 0. The van der Waals surface area contributed by atoms with E-state index in [1.54, 1.807) is 0 Å². The van der Waals surface area contributed by atoms with Crippen LogP contribution in [0.3, 0.4) is 0 Å². The largest absolute Gasteiger partial charge is 0.311 e. The molecule has 96 valence electrons. The molecular formula is C15H31N. The van der Waals surface area contributed by atoms with Crippen molar-refractivity contribution in [2.24, 2.45) is 0 Å². The average Bonchev–Trinajstić information content (AvgIpc) is 2.30. The van der Waals surface area contributed by atoms with Gasteiger partial charge in [0, 0.05) is 5.54 Å². The van der Waals surface area contributed by atoms with E-state index < -0.39 is 0 Å². The summed E-state index contributed by atoms with van der Waals surface area (Å²) in [5.41, 5.74) is 0.527. The Morgan fingerprint density at radius 3 is 2.25 bits per heavy atom. The van der Waals surface area contributed by atoms with E-state index in [4.69, 9.17) is 0 Å². The zero-order valence-corrected chi connectivity index (χ0v) is 11.5. The van der Waals surface area contributed by atoms with Crippen LogP contribution < -0.4 is 5.32 Å². The van der Waals surface area contributed by atoms with Crippen molar-refractivity contribution in [2.75, 3.05) is 6.54 Å². The molecule has 0 aromatic heterocycles. The molecule has 0 aromatic carbocycles. The Balaban J connectivity index is 2.21. The van der Waals surface area contributed by atoms with Gasteiger partial charge in [0.15, 0.2) is 0 Å². The van der Waals surface area contributed by atoms with E-state index in [-0.39, 0.29) is 0 Å². The Bertz CT molecular complexity index is 153. The molecule has 1 saturated carbocycles. The number of hydrogen-bond acceptors (Lipinski definition) is 1. The molecule has 1 aliphatic carbocycles. The molecule has 1 aliphatic rings. The fourth-order valence-corrected chi connectivity index (χ4v) is 3.13. The summed E-state index contributed by atoms with van der Waals surface area (Å²) in [4.78, 5) is 0. The van der Waals surface area contributed by atoms with Gasteiger partial charge in [-0.05, 0) is 32.2 Å². The molecule has 1 heteroatoms. The van der Waals surface area contributed by atoms with E-state index in [1.807, 2.05) is 0 Å². The van der Waals surface area contributed by atoms with Crippen molar-refractivity contribution in [1.29, 1.82) is 0 Å². The second-order valence-electron chi connectivity index (χ2n) is 5.58. The summed E-state index contributed by atoms with van der Waals surface area (Å²) in [6.07, 6.45) is 15.5. The van der Waals surface area contributed by atoms with Gasteiger partial charge >= 0.3 is 0 Å². The van der Waals surface area contributed by atoms with Crippen LogP contribution in [0.1, 0.15) is 84.5 Å². The number of nitrogens with one attached hydrogen (secondary N) is 1. The standard InChI is InChI=1S/C15H31N/c1-3-5-6-10-14-16-15(11-4-2)12-8-7-9-13-15/h16H,3-14H2,1-2H3. The number of rotatable bonds is 8. The van der Waals surface area contributed by atoms with Crippen molar-refractivity contribution in [3.63, 3.8) is 0 Å². The molecule has 0 unspecified atom stereocenters. The molecule has 0 amide bonds. The Morgan fingerprint density at radius 2 is 1.62 bits per heavy atom. The highest BCUT2D eigenvalue weighted by atomic mass is 15.0. The molecule has 0 atom stereocenters. The molecular weight excluding hydrogens is 194 g/mol. The zero-order chi connectivity index (χ0) is 11.7. The highest BCUT2D eigenvalue weighted by molar-refractivity contribution is 4.90. The predicted octanol–water partition coefficient (Wildman–Crippen LogP) is 4.66. The third kappa shape index (κ3) is 4.86. The minimum absolute atomic E-state index is 0.527. The summed E-state index contributed by atoms with van der Waals surface area (Å²) >= 11 is 0. The van der Waals surface area contributed by atoms with Gasteiger partial charge in [0.1, 0.15) is 0 Å². The zero-order valence-electron chi connectivity index (χ0n) is 11.5. The van der Waals surface area contributed by atoms with Gasteiger partial charge < -0.3 is 5.32 Å². The minimum Gasteiger partial charge on any atom is -0.311 e.